The van der Waals surface area contributed by atoms with Crippen LogP contribution in [0, 0.1) is 35.0 Å². The Morgan fingerprint density at radius 2 is 1.58 bits per heavy atom. The van der Waals surface area contributed by atoms with E-state index in [2.05, 4.69) is 43.9 Å². The lowest BCUT2D eigenvalue weighted by atomic mass is 9.77. The monoisotopic (exact) mass is 272 g/mol. The van der Waals surface area contributed by atoms with E-state index in [1.54, 1.807) is 6.04 Å². The van der Waals surface area contributed by atoms with Gasteiger partial charge in [-0.1, -0.05) is 50.0 Å². The van der Waals surface area contributed by atoms with Gasteiger partial charge in [0.05, 0.1) is 0 Å². The maximum absolute atomic E-state index is 2.65. The van der Waals surface area contributed by atoms with Crippen LogP contribution in [0.15, 0.2) is 24.3 Å². The van der Waals surface area contributed by atoms with Crippen LogP contribution in [0.5, 0.6) is 0 Å². The summed E-state index contributed by atoms with van der Waals surface area (Å²) >= 11 is 0. The van der Waals surface area contributed by atoms with E-state index in [1.807, 2.05) is 0 Å². The Balaban J connectivity index is 1.65. The number of hydrogen-bond donors (Lipinski definition) is 0. The van der Waals surface area contributed by atoms with Crippen molar-refractivity contribution in [1.82, 2.24) is 0 Å². The number of allylic oxidation sites excluding steroid dienone is 4. The van der Waals surface area contributed by atoms with Crippen molar-refractivity contribution in [2.75, 3.05) is 0 Å². The van der Waals surface area contributed by atoms with Gasteiger partial charge in [0.2, 0.25) is 0 Å². The molecule has 0 aromatic carbocycles. The first kappa shape index (κ1) is 12.4. The lowest BCUT2D eigenvalue weighted by Gasteiger charge is -2.31. The molecule has 0 nitrogen and oxygen atoms in total. The molecule has 0 saturated heterocycles. The third-order valence-corrected chi connectivity index (χ3v) is 8.15. The van der Waals surface area contributed by atoms with Gasteiger partial charge in [-0.25, -0.2) is 0 Å². The van der Waals surface area contributed by atoms with E-state index in [1.165, 1.54) is 25.7 Å². The van der Waals surface area contributed by atoms with Crippen molar-refractivity contribution in [1.29, 1.82) is 0 Å². The topological polar surface area (TPSA) is 0 Å². The molecule has 1 heteroatoms. The van der Waals surface area contributed by atoms with Gasteiger partial charge in [-0.3, -0.25) is 0 Å². The minimum absolute atomic E-state index is 0.768. The van der Waals surface area contributed by atoms with Gasteiger partial charge in [-0.05, 0) is 60.7 Å². The van der Waals surface area contributed by atoms with Crippen LogP contribution >= 0.6 is 0 Å². The average molecular weight is 273 g/mol. The van der Waals surface area contributed by atoms with Crippen LogP contribution in [0.2, 0.25) is 25.7 Å². The normalized spacial score (nSPS) is 52.3. The van der Waals surface area contributed by atoms with Gasteiger partial charge in [0, 0.05) is 8.07 Å². The quantitative estimate of drug-likeness (QED) is 0.483. The summed E-state index contributed by atoms with van der Waals surface area (Å²) in [4.78, 5) is 0. The minimum atomic E-state index is -0.942. The number of hydrogen-bond acceptors (Lipinski definition) is 0. The van der Waals surface area contributed by atoms with Crippen LogP contribution in [-0.4, -0.2) is 8.07 Å². The zero-order chi connectivity index (χ0) is 13.3. The summed E-state index contributed by atoms with van der Waals surface area (Å²) in [6.07, 6.45) is 15.8. The Morgan fingerprint density at radius 3 is 2.26 bits per heavy atom. The van der Waals surface area contributed by atoms with Crippen LogP contribution in [-0.2, 0) is 0 Å². The number of fused-ring (bicyclic) bond motifs is 4. The molecule has 0 spiro atoms. The molecule has 0 radical (unpaired) electrons. The molecular formula is C18H28Si. The van der Waals surface area contributed by atoms with Crippen molar-refractivity contribution in [3.63, 3.8) is 0 Å². The molecule has 2 fully saturated rings. The zero-order valence-electron chi connectivity index (χ0n) is 12.7. The Bertz CT molecular complexity index is 441. The van der Waals surface area contributed by atoms with Crippen molar-refractivity contribution in [3.05, 3.63) is 24.3 Å². The van der Waals surface area contributed by atoms with Crippen molar-refractivity contribution < 1.29 is 0 Å². The van der Waals surface area contributed by atoms with E-state index in [4.69, 9.17) is 0 Å². The van der Waals surface area contributed by atoms with E-state index < -0.39 is 8.07 Å². The van der Waals surface area contributed by atoms with E-state index in [-0.39, 0.29) is 0 Å². The lowest BCUT2D eigenvalue weighted by Crippen LogP contribution is -2.29. The highest BCUT2D eigenvalue weighted by Gasteiger charge is 2.77. The van der Waals surface area contributed by atoms with Crippen LogP contribution < -0.4 is 0 Å². The van der Waals surface area contributed by atoms with Gasteiger partial charge in [0.25, 0.3) is 0 Å². The Kier molecular flexibility index (Phi) is 2.53. The van der Waals surface area contributed by atoms with Gasteiger partial charge in [0.15, 0.2) is 0 Å². The third kappa shape index (κ3) is 1.63. The first-order valence-electron chi connectivity index (χ1n) is 8.37. The predicted molar refractivity (Wildman–Crippen MR) is 84.8 cm³/mol. The standard InChI is InChI=1S/C18H28Si/c1-19(2,3)12-18-15-10-11-16(18)17(18)14-9-7-5-4-6-8-13(14)15/h4-5,10-11,13-17H,6-9,12H2,1-3H3/b5-4-/t13?,14?,15?,16?,17?,18-/m1/s1. The molecule has 4 aliphatic rings. The van der Waals surface area contributed by atoms with Crippen molar-refractivity contribution >= 4 is 8.07 Å². The molecule has 0 heterocycles. The summed E-state index contributed by atoms with van der Waals surface area (Å²) in [7, 11) is -0.942. The first-order valence-corrected chi connectivity index (χ1v) is 12.1. The summed E-state index contributed by atoms with van der Waals surface area (Å²) in [5, 5.41) is 0. The van der Waals surface area contributed by atoms with Crippen LogP contribution in [0.3, 0.4) is 0 Å². The molecule has 6 atom stereocenters. The maximum atomic E-state index is 2.65. The zero-order valence-corrected chi connectivity index (χ0v) is 13.7. The second kappa shape index (κ2) is 3.87. The molecule has 0 aliphatic heterocycles. The largest absolute Gasteiger partial charge is 0.0885 e. The Labute approximate surface area is 119 Å². The van der Waals surface area contributed by atoms with Crippen molar-refractivity contribution in [2.45, 2.75) is 51.4 Å². The highest BCUT2D eigenvalue weighted by atomic mass is 28.3. The molecule has 0 N–H and O–H groups in total. The van der Waals surface area contributed by atoms with Crippen molar-refractivity contribution in [2.24, 2.45) is 35.0 Å². The molecule has 19 heavy (non-hydrogen) atoms. The molecule has 0 bridgehead atoms. The van der Waals surface area contributed by atoms with Gasteiger partial charge in [-0.2, -0.15) is 0 Å². The summed E-state index contributed by atoms with van der Waals surface area (Å²) < 4.78 is 0. The average Bonchev–Trinajstić information content (AvgIpc) is 2.68. The van der Waals surface area contributed by atoms with E-state index >= 15 is 0 Å². The second-order valence-corrected chi connectivity index (χ2v) is 14.2. The van der Waals surface area contributed by atoms with Gasteiger partial charge < -0.3 is 0 Å². The van der Waals surface area contributed by atoms with Gasteiger partial charge >= 0.3 is 0 Å². The lowest BCUT2D eigenvalue weighted by molar-refractivity contribution is 0.242. The predicted octanol–water partition coefficient (Wildman–Crippen LogP) is 5.12. The highest BCUT2D eigenvalue weighted by molar-refractivity contribution is 6.76. The summed E-state index contributed by atoms with van der Waals surface area (Å²) in [6.45, 7) is 7.75. The summed E-state index contributed by atoms with van der Waals surface area (Å²) in [6, 6.07) is 1.59. The fraction of sp³-hybridized carbons (Fsp3) is 0.778. The molecule has 2 saturated carbocycles. The Hall–Kier alpha value is -0.303. The minimum Gasteiger partial charge on any atom is -0.0885 e. The fourth-order valence-corrected chi connectivity index (χ4v) is 8.84. The van der Waals surface area contributed by atoms with Crippen LogP contribution in [0.4, 0.5) is 0 Å². The highest BCUT2D eigenvalue weighted by Crippen LogP contribution is 2.82. The third-order valence-electron chi connectivity index (χ3n) is 6.47. The van der Waals surface area contributed by atoms with Gasteiger partial charge in [0.1, 0.15) is 0 Å². The maximum Gasteiger partial charge on any atom is 0.0448 e. The molecule has 4 rings (SSSR count). The molecular weight excluding hydrogens is 244 g/mol. The van der Waals surface area contributed by atoms with Crippen molar-refractivity contribution in [3.8, 4) is 0 Å². The molecule has 0 aromatic heterocycles. The molecule has 104 valence electrons. The number of rotatable bonds is 2. The van der Waals surface area contributed by atoms with E-state index in [9.17, 15) is 0 Å². The van der Waals surface area contributed by atoms with E-state index in [0.717, 1.165) is 35.0 Å². The Morgan fingerprint density at radius 1 is 0.947 bits per heavy atom. The van der Waals surface area contributed by atoms with Crippen LogP contribution in [0.25, 0.3) is 0 Å². The van der Waals surface area contributed by atoms with E-state index in [0.29, 0.717) is 0 Å². The summed E-state index contributed by atoms with van der Waals surface area (Å²) in [5.74, 6) is 5.14. The first-order chi connectivity index (χ1) is 9.04. The second-order valence-electron chi connectivity index (χ2n) is 8.77. The molecule has 0 aromatic rings. The molecule has 0 amide bonds. The SMILES string of the molecule is C[Si](C)(C)C[C@@]12C3C=CC1C2C1CC/C=C\CCC13. The van der Waals surface area contributed by atoms with Crippen LogP contribution in [0.1, 0.15) is 25.7 Å². The smallest absolute Gasteiger partial charge is 0.0448 e. The van der Waals surface area contributed by atoms with Gasteiger partial charge in [-0.15, -0.1) is 0 Å². The summed E-state index contributed by atoms with van der Waals surface area (Å²) in [5.41, 5.74) is 0.768. The molecule has 4 aliphatic carbocycles. The molecule has 5 unspecified atom stereocenters. The fourth-order valence-electron chi connectivity index (χ4n) is 6.29.